The van der Waals surface area contributed by atoms with Gasteiger partial charge in [0.1, 0.15) is 17.3 Å². The molecule has 0 saturated carbocycles. The highest BCUT2D eigenvalue weighted by Gasteiger charge is 2.43. The minimum absolute atomic E-state index is 0.327. The van der Waals surface area contributed by atoms with E-state index in [1.807, 2.05) is 30.6 Å². The molecule has 0 atom stereocenters. The smallest absolute Gasteiger partial charge is 0.179 e. The van der Waals surface area contributed by atoms with Crippen molar-refractivity contribution in [1.29, 1.82) is 0 Å². The van der Waals surface area contributed by atoms with E-state index in [0.29, 0.717) is 0 Å². The second-order valence-electron chi connectivity index (χ2n) is 14.6. The Hall–Kier alpha value is -6.56. The lowest BCUT2D eigenvalue weighted by molar-refractivity contribution is 0.420. The summed E-state index contributed by atoms with van der Waals surface area (Å²) in [4.78, 5) is 9.76. The molecule has 6 aromatic carbocycles. The standard InChI is InChI=1S/C49H37N3OSi/c1-49(2)41-22-9-10-24-44(41)53-45-29-28-40-39-27-26-38(33-43(39)52(48(40)47(45)49)46-25-12-14-31-51-46)54(35-17-5-3-6-18-35,36-19-7-4-8-20-36)37-21-15-16-34(32-37)42-23-11-13-30-50-42/h3-33H,1-2H3. The average Bonchev–Trinajstić information content (AvgIpc) is 3.56. The van der Waals surface area contributed by atoms with Crippen molar-refractivity contribution in [2.24, 2.45) is 0 Å². The van der Waals surface area contributed by atoms with Gasteiger partial charge in [0.05, 0.1) is 16.7 Å². The van der Waals surface area contributed by atoms with Crippen molar-refractivity contribution >= 4 is 50.6 Å². The van der Waals surface area contributed by atoms with Crippen LogP contribution in [-0.2, 0) is 5.41 Å². The van der Waals surface area contributed by atoms with Crippen molar-refractivity contribution < 1.29 is 4.74 Å². The number of para-hydroxylation sites is 1. The van der Waals surface area contributed by atoms with E-state index in [1.165, 1.54) is 42.6 Å². The predicted molar refractivity (Wildman–Crippen MR) is 224 cm³/mol. The Kier molecular flexibility index (Phi) is 7.46. The van der Waals surface area contributed by atoms with Crippen molar-refractivity contribution in [3.05, 3.63) is 199 Å². The van der Waals surface area contributed by atoms with Crippen molar-refractivity contribution in [3.63, 3.8) is 0 Å². The highest BCUT2D eigenvalue weighted by Crippen LogP contribution is 2.52. The minimum atomic E-state index is -2.94. The van der Waals surface area contributed by atoms with Crippen LogP contribution in [0.3, 0.4) is 0 Å². The Balaban J connectivity index is 1.33. The zero-order valence-electron chi connectivity index (χ0n) is 30.1. The molecule has 0 saturated heterocycles. The van der Waals surface area contributed by atoms with Crippen molar-refractivity contribution in [2.45, 2.75) is 19.3 Å². The molecule has 0 unspecified atom stereocenters. The molecule has 0 N–H and O–H groups in total. The van der Waals surface area contributed by atoms with E-state index in [4.69, 9.17) is 14.7 Å². The number of hydrogen-bond acceptors (Lipinski definition) is 3. The first-order chi connectivity index (χ1) is 26.5. The topological polar surface area (TPSA) is 39.9 Å². The van der Waals surface area contributed by atoms with Gasteiger partial charge in [-0.1, -0.05) is 141 Å². The maximum absolute atomic E-state index is 6.68. The van der Waals surface area contributed by atoms with Crippen molar-refractivity contribution in [1.82, 2.24) is 14.5 Å². The third-order valence-electron chi connectivity index (χ3n) is 11.3. The van der Waals surface area contributed by atoms with Gasteiger partial charge >= 0.3 is 0 Å². The molecule has 4 nitrogen and oxygen atoms in total. The van der Waals surface area contributed by atoms with E-state index in [-0.39, 0.29) is 5.41 Å². The molecule has 4 heterocycles. The summed E-state index contributed by atoms with van der Waals surface area (Å²) in [6, 6.07) is 63.6. The molecule has 10 rings (SSSR count). The Bertz CT molecular complexity index is 2780. The lowest BCUT2D eigenvalue weighted by Crippen LogP contribution is -2.74. The number of rotatable bonds is 6. The number of ether oxygens (including phenoxy) is 1. The molecular formula is C49H37N3OSi. The maximum Gasteiger partial charge on any atom is 0.179 e. The SMILES string of the molecule is CC1(C)c2ccccc2Oc2ccc3c4ccc([Si](c5ccccc5)(c5ccccc5)c5cccc(-c6ccccn6)c5)cc4n(-c4ccccn4)c3c21. The monoisotopic (exact) mass is 711 g/mol. The molecule has 9 aromatic rings. The molecule has 0 bridgehead atoms. The quantitative estimate of drug-likeness (QED) is 0.128. The van der Waals surface area contributed by atoms with Crippen LogP contribution in [0.15, 0.2) is 188 Å². The summed E-state index contributed by atoms with van der Waals surface area (Å²) < 4.78 is 9.06. The van der Waals surface area contributed by atoms with E-state index in [2.05, 4.69) is 176 Å². The van der Waals surface area contributed by atoms with Gasteiger partial charge in [-0.15, -0.1) is 0 Å². The molecule has 0 amide bonds. The average molecular weight is 712 g/mol. The van der Waals surface area contributed by atoms with Gasteiger partial charge in [-0.25, -0.2) is 4.98 Å². The zero-order valence-corrected chi connectivity index (χ0v) is 31.1. The summed E-state index contributed by atoms with van der Waals surface area (Å²) in [5.74, 6) is 2.67. The zero-order chi connectivity index (χ0) is 36.3. The summed E-state index contributed by atoms with van der Waals surface area (Å²) in [5.41, 5.74) is 6.33. The Morgan fingerprint density at radius 3 is 1.89 bits per heavy atom. The second kappa shape index (κ2) is 12.5. The Labute approximate surface area is 316 Å². The maximum atomic E-state index is 6.68. The number of benzene rings is 6. The minimum Gasteiger partial charge on any atom is -0.457 e. The third kappa shape index (κ3) is 4.82. The van der Waals surface area contributed by atoms with Crippen LogP contribution in [0.2, 0.25) is 0 Å². The molecule has 0 radical (unpaired) electrons. The van der Waals surface area contributed by atoms with Gasteiger partial charge in [0.2, 0.25) is 0 Å². The van der Waals surface area contributed by atoms with Crippen molar-refractivity contribution in [2.75, 3.05) is 0 Å². The molecule has 1 aliphatic rings. The first kappa shape index (κ1) is 32.1. The van der Waals surface area contributed by atoms with E-state index in [0.717, 1.165) is 39.6 Å². The molecule has 54 heavy (non-hydrogen) atoms. The summed E-state index contributed by atoms with van der Waals surface area (Å²) in [7, 11) is -2.94. The van der Waals surface area contributed by atoms with Gasteiger partial charge in [-0.05, 0) is 69.3 Å². The van der Waals surface area contributed by atoms with E-state index < -0.39 is 8.07 Å². The third-order valence-corrected chi connectivity index (χ3v) is 16.0. The highest BCUT2D eigenvalue weighted by atomic mass is 28.3. The molecule has 3 aromatic heterocycles. The summed E-state index contributed by atoms with van der Waals surface area (Å²) in [5, 5.41) is 7.59. The Morgan fingerprint density at radius 1 is 0.519 bits per heavy atom. The van der Waals surface area contributed by atoms with E-state index in [9.17, 15) is 0 Å². The number of fused-ring (bicyclic) bond motifs is 6. The van der Waals surface area contributed by atoms with Crippen LogP contribution in [0.25, 0.3) is 38.9 Å². The fourth-order valence-corrected chi connectivity index (χ4v) is 13.7. The summed E-state index contributed by atoms with van der Waals surface area (Å²) in [6.07, 6.45) is 3.76. The lowest BCUT2D eigenvalue weighted by atomic mass is 9.75. The normalized spacial score (nSPS) is 13.3. The second-order valence-corrected chi connectivity index (χ2v) is 18.4. The van der Waals surface area contributed by atoms with Gasteiger partial charge in [-0.2, -0.15) is 0 Å². The first-order valence-electron chi connectivity index (χ1n) is 18.5. The number of nitrogens with zero attached hydrogens (tertiary/aromatic N) is 3. The van der Waals surface area contributed by atoms with Crippen LogP contribution in [0.1, 0.15) is 25.0 Å². The van der Waals surface area contributed by atoms with Crippen LogP contribution in [0, 0.1) is 0 Å². The van der Waals surface area contributed by atoms with Crippen LogP contribution in [0.4, 0.5) is 0 Å². The lowest BCUT2D eigenvalue weighted by Gasteiger charge is -2.35. The first-order valence-corrected chi connectivity index (χ1v) is 20.5. The van der Waals surface area contributed by atoms with Crippen molar-refractivity contribution in [3.8, 4) is 28.6 Å². The van der Waals surface area contributed by atoms with Gasteiger partial charge < -0.3 is 4.74 Å². The molecule has 0 fully saturated rings. The molecule has 5 heteroatoms. The van der Waals surface area contributed by atoms with Gasteiger partial charge in [-0.3, -0.25) is 9.55 Å². The highest BCUT2D eigenvalue weighted by molar-refractivity contribution is 7.20. The van der Waals surface area contributed by atoms with Gasteiger partial charge in [0.15, 0.2) is 8.07 Å². The number of pyridine rings is 2. The largest absolute Gasteiger partial charge is 0.457 e. The summed E-state index contributed by atoms with van der Waals surface area (Å²) >= 11 is 0. The molecular weight excluding hydrogens is 675 g/mol. The fraction of sp³-hybridized carbons (Fsp3) is 0.0612. The molecule has 1 aliphatic heterocycles. The van der Waals surface area contributed by atoms with E-state index >= 15 is 0 Å². The van der Waals surface area contributed by atoms with Crippen LogP contribution >= 0.6 is 0 Å². The van der Waals surface area contributed by atoms with Crippen LogP contribution < -0.4 is 25.5 Å². The number of hydrogen-bond donors (Lipinski definition) is 0. The molecule has 0 spiro atoms. The molecule has 0 aliphatic carbocycles. The van der Waals surface area contributed by atoms with Crippen LogP contribution in [-0.4, -0.2) is 22.6 Å². The number of aromatic nitrogens is 3. The van der Waals surface area contributed by atoms with Gasteiger partial charge in [0, 0.05) is 45.3 Å². The summed E-state index contributed by atoms with van der Waals surface area (Å²) in [6.45, 7) is 4.63. The van der Waals surface area contributed by atoms with Crippen LogP contribution in [0.5, 0.6) is 11.5 Å². The van der Waals surface area contributed by atoms with E-state index in [1.54, 1.807) is 0 Å². The predicted octanol–water partition coefficient (Wildman–Crippen LogP) is 9.05. The Morgan fingerprint density at radius 2 is 1.17 bits per heavy atom. The van der Waals surface area contributed by atoms with Gasteiger partial charge in [0.25, 0.3) is 0 Å². The fourth-order valence-electron chi connectivity index (χ4n) is 8.88. The molecule has 258 valence electrons.